The molecule has 1 atom stereocenters. The standard InChI is InChI=1S/C19H43NO7Si2/c1-7-13-14-21-16-19-15-20(18-29(27-19,25-11-5)26-12-6)17-28(22-8-2,23-9-3)24-10-4/h19H,7-18H2,1-6H3. The van der Waals surface area contributed by atoms with E-state index >= 15 is 0 Å². The monoisotopic (exact) mass is 453 g/mol. The highest BCUT2D eigenvalue weighted by molar-refractivity contribution is 6.62. The minimum absolute atomic E-state index is 0.109. The molecule has 0 amide bonds. The van der Waals surface area contributed by atoms with Crippen molar-refractivity contribution >= 4 is 17.6 Å². The van der Waals surface area contributed by atoms with Crippen molar-refractivity contribution in [1.29, 1.82) is 0 Å². The van der Waals surface area contributed by atoms with Gasteiger partial charge in [0.25, 0.3) is 0 Å². The fraction of sp³-hybridized carbons (Fsp3) is 1.00. The van der Waals surface area contributed by atoms with Crippen LogP contribution in [0.1, 0.15) is 54.4 Å². The molecule has 1 rings (SSSR count). The van der Waals surface area contributed by atoms with Crippen LogP contribution < -0.4 is 0 Å². The lowest BCUT2D eigenvalue weighted by Gasteiger charge is -2.44. The van der Waals surface area contributed by atoms with Crippen molar-refractivity contribution in [2.24, 2.45) is 0 Å². The van der Waals surface area contributed by atoms with Gasteiger partial charge in [0.1, 0.15) is 0 Å². The zero-order valence-corrected chi connectivity index (χ0v) is 21.4. The maximum absolute atomic E-state index is 6.38. The highest BCUT2D eigenvalue weighted by Gasteiger charge is 2.52. The van der Waals surface area contributed by atoms with Gasteiger partial charge in [-0.25, -0.2) is 0 Å². The van der Waals surface area contributed by atoms with Crippen LogP contribution in [0.4, 0.5) is 0 Å². The zero-order chi connectivity index (χ0) is 21.6. The lowest BCUT2D eigenvalue weighted by atomic mass is 10.3. The van der Waals surface area contributed by atoms with Gasteiger partial charge >= 0.3 is 17.6 Å². The first-order chi connectivity index (χ1) is 14.0. The minimum Gasteiger partial charge on any atom is -0.379 e. The maximum atomic E-state index is 6.38. The maximum Gasteiger partial charge on any atom is 0.516 e. The van der Waals surface area contributed by atoms with Crippen LogP contribution in [0.15, 0.2) is 0 Å². The predicted molar refractivity (Wildman–Crippen MR) is 117 cm³/mol. The molecule has 0 aliphatic carbocycles. The molecule has 0 saturated carbocycles. The van der Waals surface area contributed by atoms with Crippen molar-refractivity contribution in [1.82, 2.24) is 4.90 Å². The van der Waals surface area contributed by atoms with E-state index in [9.17, 15) is 0 Å². The minimum atomic E-state index is -2.84. The summed E-state index contributed by atoms with van der Waals surface area (Å²) in [4.78, 5) is 2.28. The molecule has 1 unspecified atom stereocenters. The van der Waals surface area contributed by atoms with Crippen LogP contribution in [0.2, 0.25) is 0 Å². The second-order valence-electron chi connectivity index (χ2n) is 6.87. The van der Waals surface area contributed by atoms with E-state index in [-0.39, 0.29) is 6.10 Å². The van der Waals surface area contributed by atoms with Crippen LogP contribution in [0.25, 0.3) is 0 Å². The van der Waals surface area contributed by atoms with Crippen LogP contribution in [-0.2, 0) is 31.3 Å². The van der Waals surface area contributed by atoms with Gasteiger partial charge in [-0.3, -0.25) is 4.90 Å². The molecule has 10 heteroatoms. The van der Waals surface area contributed by atoms with Gasteiger partial charge in [-0.2, -0.15) is 0 Å². The molecule has 0 bridgehead atoms. The summed E-state index contributed by atoms with van der Waals surface area (Å²) < 4.78 is 42.6. The molecule has 1 saturated heterocycles. The van der Waals surface area contributed by atoms with E-state index in [1.54, 1.807) is 0 Å². The summed E-state index contributed by atoms with van der Waals surface area (Å²) in [5, 5.41) is 0. The van der Waals surface area contributed by atoms with Crippen molar-refractivity contribution in [3.05, 3.63) is 0 Å². The summed E-state index contributed by atoms with van der Waals surface area (Å²) in [7, 11) is -5.67. The fourth-order valence-corrected chi connectivity index (χ4v) is 9.11. The normalized spacial score (nSPS) is 20.3. The highest BCUT2D eigenvalue weighted by atomic mass is 28.4. The van der Waals surface area contributed by atoms with Gasteiger partial charge in [-0.1, -0.05) is 13.3 Å². The van der Waals surface area contributed by atoms with Crippen molar-refractivity contribution in [2.75, 3.05) is 65.1 Å². The molecular weight excluding hydrogens is 410 g/mol. The van der Waals surface area contributed by atoms with Gasteiger partial charge in [0, 0.05) is 46.2 Å². The first-order valence-electron chi connectivity index (χ1n) is 11.2. The Labute approximate surface area is 179 Å². The molecule has 29 heavy (non-hydrogen) atoms. The molecule has 1 fully saturated rings. The molecule has 1 aliphatic heterocycles. The average Bonchev–Trinajstić information content (AvgIpc) is 2.66. The van der Waals surface area contributed by atoms with Crippen molar-refractivity contribution < 1.29 is 31.3 Å². The third-order valence-electron chi connectivity index (χ3n) is 4.41. The van der Waals surface area contributed by atoms with E-state index in [1.165, 1.54) is 0 Å². The zero-order valence-electron chi connectivity index (χ0n) is 19.4. The Bertz CT molecular complexity index is 397. The largest absolute Gasteiger partial charge is 0.516 e. The predicted octanol–water partition coefficient (Wildman–Crippen LogP) is 2.64. The number of hydrogen-bond donors (Lipinski definition) is 0. The van der Waals surface area contributed by atoms with Gasteiger partial charge in [0.2, 0.25) is 0 Å². The fourth-order valence-electron chi connectivity index (χ4n) is 3.46. The van der Waals surface area contributed by atoms with Crippen LogP contribution >= 0.6 is 0 Å². The summed E-state index contributed by atoms with van der Waals surface area (Å²) >= 11 is 0. The van der Waals surface area contributed by atoms with Gasteiger partial charge in [0.05, 0.1) is 25.0 Å². The molecule has 0 aromatic carbocycles. The van der Waals surface area contributed by atoms with Crippen molar-refractivity contribution in [2.45, 2.75) is 60.5 Å². The summed E-state index contributed by atoms with van der Waals surface area (Å²) in [5.41, 5.74) is 0. The number of nitrogens with zero attached hydrogens (tertiary/aromatic N) is 1. The number of hydrogen-bond acceptors (Lipinski definition) is 8. The van der Waals surface area contributed by atoms with E-state index in [1.807, 2.05) is 34.6 Å². The molecule has 1 heterocycles. The van der Waals surface area contributed by atoms with E-state index in [4.69, 9.17) is 31.3 Å². The number of rotatable bonds is 17. The Morgan fingerprint density at radius 2 is 1.48 bits per heavy atom. The smallest absolute Gasteiger partial charge is 0.379 e. The molecule has 0 N–H and O–H groups in total. The molecule has 0 aromatic rings. The molecule has 0 spiro atoms. The SMILES string of the molecule is CCCCOCC1CN(C[Si](OCC)(OCC)OCC)C[Si](OCC)(OCC)O1. The Morgan fingerprint density at radius 1 is 0.897 bits per heavy atom. The van der Waals surface area contributed by atoms with Crippen LogP contribution in [0.5, 0.6) is 0 Å². The first-order valence-corrected chi connectivity index (χ1v) is 15.1. The first kappa shape index (κ1) is 27.1. The second kappa shape index (κ2) is 15.0. The van der Waals surface area contributed by atoms with Crippen LogP contribution in [0.3, 0.4) is 0 Å². The van der Waals surface area contributed by atoms with Gasteiger partial charge < -0.3 is 31.3 Å². The second-order valence-corrected chi connectivity index (χ2v) is 11.9. The third-order valence-corrected chi connectivity index (χ3v) is 10.4. The Morgan fingerprint density at radius 3 is 1.97 bits per heavy atom. The quantitative estimate of drug-likeness (QED) is 0.246. The summed E-state index contributed by atoms with van der Waals surface area (Å²) in [6.07, 6.45) is 3.24. The van der Waals surface area contributed by atoms with Crippen LogP contribution in [0, 0.1) is 0 Å². The van der Waals surface area contributed by atoms with E-state index in [0.717, 1.165) is 19.4 Å². The van der Waals surface area contributed by atoms with Gasteiger partial charge in [-0.05, 0) is 41.0 Å². The topological polar surface area (TPSA) is 67.9 Å². The number of ether oxygens (including phenoxy) is 1. The van der Waals surface area contributed by atoms with E-state index in [0.29, 0.717) is 58.5 Å². The molecular formula is C19H43NO7Si2. The molecule has 8 nitrogen and oxygen atoms in total. The average molecular weight is 454 g/mol. The molecule has 0 radical (unpaired) electrons. The molecule has 0 aromatic heterocycles. The summed E-state index contributed by atoms with van der Waals surface area (Å²) in [5.74, 6) is 0. The summed E-state index contributed by atoms with van der Waals surface area (Å²) in [6.45, 7) is 16.8. The number of unbranched alkanes of at least 4 members (excludes halogenated alkanes) is 1. The van der Waals surface area contributed by atoms with Crippen molar-refractivity contribution in [3.63, 3.8) is 0 Å². The third kappa shape index (κ3) is 9.42. The Kier molecular flexibility index (Phi) is 14.0. The van der Waals surface area contributed by atoms with Gasteiger partial charge in [-0.15, -0.1) is 0 Å². The van der Waals surface area contributed by atoms with E-state index < -0.39 is 17.6 Å². The molecule has 174 valence electrons. The summed E-state index contributed by atoms with van der Waals surface area (Å²) in [6, 6.07) is 0. The van der Waals surface area contributed by atoms with Gasteiger partial charge in [0.15, 0.2) is 0 Å². The lowest BCUT2D eigenvalue weighted by molar-refractivity contribution is -0.0540. The molecule has 1 aliphatic rings. The van der Waals surface area contributed by atoms with E-state index in [2.05, 4.69) is 11.8 Å². The lowest BCUT2D eigenvalue weighted by Crippen LogP contribution is -2.67. The Hall–Kier alpha value is 0.114. The van der Waals surface area contributed by atoms with Crippen LogP contribution in [-0.4, -0.2) is 93.7 Å². The van der Waals surface area contributed by atoms with Crippen molar-refractivity contribution in [3.8, 4) is 0 Å². The Balaban J connectivity index is 2.97. The highest BCUT2D eigenvalue weighted by Crippen LogP contribution is 2.24.